The van der Waals surface area contributed by atoms with Crippen molar-refractivity contribution < 1.29 is 0 Å². The Kier molecular flexibility index (Phi) is 3.33. The van der Waals surface area contributed by atoms with Crippen LogP contribution in [0.1, 0.15) is 33.1 Å². The fourth-order valence-corrected chi connectivity index (χ4v) is 1.91. The van der Waals surface area contributed by atoms with Crippen LogP contribution in [0.25, 0.3) is 0 Å². The number of hydrogen-bond donors (Lipinski definition) is 0. The molecule has 0 aromatic carbocycles. The van der Waals surface area contributed by atoms with Gasteiger partial charge in [0.1, 0.15) is 0 Å². The molecule has 0 saturated carbocycles. The lowest BCUT2D eigenvalue weighted by Gasteiger charge is -2.06. The monoisotopic (exact) mass is 162 g/mol. The van der Waals surface area contributed by atoms with Gasteiger partial charge in [0, 0.05) is 0 Å². The Morgan fingerprint density at radius 3 is 2.83 bits per heavy atom. The van der Waals surface area contributed by atoms with E-state index in [1.165, 1.54) is 24.8 Å². The fourth-order valence-electron chi connectivity index (χ4n) is 1.91. The molecule has 0 aliphatic heterocycles. The van der Waals surface area contributed by atoms with Crippen molar-refractivity contribution in [3.05, 3.63) is 36.0 Å². The smallest absolute Gasteiger partial charge is 0.0200 e. The van der Waals surface area contributed by atoms with Crippen molar-refractivity contribution in [2.24, 2.45) is 5.92 Å². The van der Waals surface area contributed by atoms with Gasteiger partial charge in [0.25, 0.3) is 0 Å². The van der Waals surface area contributed by atoms with E-state index in [1.807, 2.05) is 12.2 Å². The molecule has 0 nitrogen and oxygen atoms in total. The van der Waals surface area contributed by atoms with Crippen molar-refractivity contribution in [3.63, 3.8) is 0 Å². The highest BCUT2D eigenvalue weighted by Gasteiger charge is 2.18. The highest BCUT2D eigenvalue weighted by molar-refractivity contribution is 5.31. The summed E-state index contributed by atoms with van der Waals surface area (Å²) in [6, 6.07) is 0. The predicted octanol–water partition coefficient (Wildman–Crippen LogP) is 3.87. The molecular formula is C12H18. The standard InChI is InChI=1S/C12H18/c1-4-6-7-12-9-8-11(5-2)10(12)3/h4,6-7,11H,1,5,8-9H2,2-3H3/b7-6-. The van der Waals surface area contributed by atoms with Gasteiger partial charge in [0.2, 0.25) is 0 Å². The molecule has 1 aliphatic carbocycles. The summed E-state index contributed by atoms with van der Waals surface area (Å²) in [7, 11) is 0. The van der Waals surface area contributed by atoms with Gasteiger partial charge in [0.15, 0.2) is 0 Å². The van der Waals surface area contributed by atoms with E-state index >= 15 is 0 Å². The average molecular weight is 162 g/mol. The quantitative estimate of drug-likeness (QED) is 0.553. The molecule has 1 rings (SSSR count). The molecule has 0 radical (unpaired) electrons. The average Bonchev–Trinajstić information content (AvgIpc) is 2.43. The second-order valence-corrected chi connectivity index (χ2v) is 3.45. The van der Waals surface area contributed by atoms with Crippen molar-refractivity contribution in [2.75, 3.05) is 0 Å². The Balaban J connectivity index is 2.70. The van der Waals surface area contributed by atoms with E-state index in [9.17, 15) is 0 Å². The largest absolute Gasteiger partial charge is 0.0991 e. The van der Waals surface area contributed by atoms with E-state index in [1.54, 1.807) is 5.57 Å². The summed E-state index contributed by atoms with van der Waals surface area (Å²) in [6.07, 6.45) is 9.99. The number of allylic oxidation sites excluding steroid dienone is 5. The lowest BCUT2D eigenvalue weighted by atomic mass is 10.00. The molecule has 0 N–H and O–H groups in total. The third-order valence-corrected chi connectivity index (χ3v) is 2.81. The Morgan fingerprint density at radius 1 is 1.58 bits per heavy atom. The maximum Gasteiger partial charge on any atom is -0.0200 e. The normalized spacial score (nSPS) is 24.0. The van der Waals surface area contributed by atoms with Crippen LogP contribution in [0.15, 0.2) is 36.0 Å². The van der Waals surface area contributed by atoms with Gasteiger partial charge in [-0.1, -0.05) is 37.3 Å². The molecule has 1 atom stereocenters. The molecule has 0 fully saturated rings. The highest BCUT2D eigenvalue weighted by atomic mass is 14.2. The van der Waals surface area contributed by atoms with Crippen LogP contribution in [0.5, 0.6) is 0 Å². The van der Waals surface area contributed by atoms with Crippen LogP contribution in [0, 0.1) is 5.92 Å². The minimum atomic E-state index is 0.842. The van der Waals surface area contributed by atoms with Crippen molar-refractivity contribution in [3.8, 4) is 0 Å². The van der Waals surface area contributed by atoms with E-state index in [0.29, 0.717) is 0 Å². The van der Waals surface area contributed by atoms with E-state index in [0.717, 1.165) is 5.92 Å². The third-order valence-electron chi connectivity index (χ3n) is 2.81. The molecule has 1 aliphatic rings. The number of hydrogen-bond acceptors (Lipinski definition) is 0. The second kappa shape index (κ2) is 4.30. The van der Waals surface area contributed by atoms with Gasteiger partial charge >= 0.3 is 0 Å². The van der Waals surface area contributed by atoms with E-state index in [-0.39, 0.29) is 0 Å². The minimum absolute atomic E-state index is 0.842. The highest BCUT2D eigenvalue weighted by Crippen LogP contribution is 2.34. The van der Waals surface area contributed by atoms with Gasteiger partial charge in [-0.3, -0.25) is 0 Å². The summed E-state index contributed by atoms with van der Waals surface area (Å²) in [6.45, 7) is 8.22. The van der Waals surface area contributed by atoms with Gasteiger partial charge in [-0.25, -0.2) is 0 Å². The van der Waals surface area contributed by atoms with Gasteiger partial charge < -0.3 is 0 Å². The molecule has 0 saturated heterocycles. The van der Waals surface area contributed by atoms with Crippen LogP contribution in [-0.2, 0) is 0 Å². The third kappa shape index (κ3) is 1.88. The molecule has 0 aromatic rings. The molecule has 0 spiro atoms. The number of rotatable bonds is 3. The molecule has 0 bridgehead atoms. The van der Waals surface area contributed by atoms with Crippen LogP contribution < -0.4 is 0 Å². The summed E-state index contributed by atoms with van der Waals surface area (Å²) in [4.78, 5) is 0. The molecule has 0 heterocycles. The van der Waals surface area contributed by atoms with E-state index in [2.05, 4.69) is 26.5 Å². The molecule has 1 unspecified atom stereocenters. The summed E-state index contributed by atoms with van der Waals surface area (Å²) >= 11 is 0. The minimum Gasteiger partial charge on any atom is -0.0991 e. The fraction of sp³-hybridized carbons (Fsp3) is 0.500. The lowest BCUT2D eigenvalue weighted by molar-refractivity contribution is 0.585. The second-order valence-electron chi connectivity index (χ2n) is 3.45. The van der Waals surface area contributed by atoms with Crippen LogP contribution >= 0.6 is 0 Å². The first-order valence-electron chi connectivity index (χ1n) is 4.78. The Morgan fingerprint density at radius 2 is 2.33 bits per heavy atom. The van der Waals surface area contributed by atoms with Gasteiger partial charge in [-0.2, -0.15) is 0 Å². The molecule has 12 heavy (non-hydrogen) atoms. The van der Waals surface area contributed by atoms with Crippen LogP contribution in [0.2, 0.25) is 0 Å². The summed E-state index contributed by atoms with van der Waals surface area (Å²) in [5, 5.41) is 0. The van der Waals surface area contributed by atoms with Crippen LogP contribution in [0.4, 0.5) is 0 Å². The van der Waals surface area contributed by atoms with Crippen molar-refractivity contribution in [1.82, 2.24) is 0 Å². The zero-order chi connectivity index (χ0) is 8.97. The molecular weight excluding hydrogens is 144 g/mol. The molecule has 0 aromatic heterocycles. The zero-order valence-corrected chi connectivity index (χ0v) is 8.14. The SMILES string of the molecule is C=C/C=C\C1=C(C)C(CC)CC1. The predicted molar refractivity (Wildman–Crippen MR) is 55.1 cm³/mol. The lowest BCUT2D eigenvalue weighted by Crippen LogP contribution is -1.92. The van der Waals surface area contributed by atoms with Crippen molar-refractivity contribution in [2.45, 2.75) is 33.1 Å². The van der Waals surface area contributed by atoms with Crippen molar-refractivity contribution in [1.29, 1.82) is 0 Å². The summed E-state index contributed by atoms with van der Waals surface area (Å²) in [5.41, 5.74) is 3.12. The molecule has 66 valence electrons. The zero-order valence-electron chi connectivity index (χ0n) is 8.14. The van der Waals surface area contributed by atoms with Crippen molar-refractivity contribution >= 4 is 0 Å². The topological polar surface area (TPSA) is 0 Å². The summed E-state index contributed by atoms with van der Waals surface area (Å²) in [5.74, 6) is 0.842. The Bertz CT molecular complexity index is 218. The Hall–Kier alpha value is -0.780. The first kappa shape index (κ1) is 9.31. The first-order chi connectivity index (χ1) is 5.79. The summed E-state index contributed by atoms with van der Waals surface area (Å²) < 4.78 is 0. The first-order valence-corrected chi connectivity index (χ1v) is 4.78. The Labute approximate surface area is 75.7 Å². The van der Waals surface area contributed by atoms with Gasteiger partial charge in [0.05, 0.1) is 0 Å². The van der Waals surface area contributed by atoms with Gasteiger partial charge in [-0.05, 0) is 37.7 Å². The van der Waals surface area contributed by atoms with E-state index in [4.69, 9.17) is 0 Å². The van der Waals surface area contributed by atoms with Gasteiger partial charge in [-0.15, -0.1) is 0 Å². The van der Waals surface area contributed by atoms with Crippen LogP contribution in [0.3, 0.4) is 0 Å². The maximum absolute atomic E-state index is 3.68. The molecule has 0 heteroatoms. The molecule has 0 amide bonds. The van der Waals surface area contributed by atoms with Crippen LogP contribution in [-0.4, -0.2) is 0 Å². The maximum atomic E-state index is 3.68. The van der Waals surface area contributed by atoms with E-state index < -0.39 is 0 Å².